The van der Waals surface area contributed by atoms with E-state index >= 15 is 0 Å². The average molecular weight is 227 g/mol. The molecule has 0 rings (SSSR count). The summed E-state index contributed by atoms with van der Waals surface area (Å²) in [6.07, 6.45) is 0. The van der Waals surface area contributed by atoms with Crippen LogP contribution in [0, 0.1) is 0 Å². The van der Waals surface area contributed by atoms with Gasteiger partial charge < -0.3 is 24.8 Å². The summed E-state index contributed by atoms with van der Waals surface area (Å²) in [5.74, 6) is 0. The first-order valence-electron chi connectivity index (χ1n) is 0. The minimum atomic E-state index is 0. The largest absolute Gasteiger partial charge is 1.00 e. The maximum Gasteiger partial charge on any atom is 1.00 e. The molecule has 0 unspecified atom stereocenters. The summed E-state index contributed by atoms with van der Waals surface area (Å²) in [6.45, 7) is 0. The van der Waals surface area contributed by atoms with Gasteiger partial charge in [0.25, 0.3) is 0 Å². The van der Waals surface area contributed by atoms with Crippen molar-refractivity contribution in [1.82, 2.24) is 0 Å². The van der Waals surface area contributed by atoms with Gasteiger partial charge >= 0.3 is 98.5 Å². The molecule has 0 fully saturated rings. The van der Waals surface area contributed by atoms with Crippen molar-refractivity contribution in [1.29, 1.82) is 0 Å². The maximum absolute atomic E-state index is 0. The summed E-state index contributed by atoms with van der Waals surface area (Å²) in [6, 6.07) is 0. The zero-order valence-electron chi connectivity index (χ0n) is 2.76. The minimum absolute atomic E-state index is 0. The number of hydrogen-bond acceptors (Lipinski definition) is 0. The molecule has 0 aliphatic rings. The third-order valence-corrected chi connectivity index (χ3v) is 0. The fourth-order valence-electron chi connectivity index (χ4n) is 0. The molecule has 0 saturated carbocycles. The van der Waals surface area contributed by atoms with Crippen molar-refractivity contribution in [3.05, 3.63) is 0 Å². The van der Waals surface area contributed by atoms with Crippen molar-refractivity contribution in [2.24, 2.45) is 0 Å². The van der Waals surface area contributed by atoms with E-state index in [1.54, 1.807) is 0 Å². The van der Waals surface area contributed by atoms with Crippen molar-refractivity contribution in [2.45, 2.75) is 0 Å². The molecule has 0 aromatic heterocycles. The van der Waals surface area contributed by atoms with Crippen LogP contribution in [0.4, 0.5) is 0 Å². The van der Waals surface area contributed by atoms with E-state index in [2.05, 4.69) is 0 Å². The molecule has 0 saturated heterocycles. The molecule has 0 spiro atoms. The van der Waals surface area contributed by atoms with Crippen LogP contribution in [0.15, 0.2) is 0 Å². The molecule has 0 atom stereocenters. The van der Waals surface area contributed by atoms with Crippen LogP contribution in [0.3, 0.4) is 0 Å². The van der Waals surface area contributed by atoms with E-state index in [-0.39, 0.29) is 123 Å². The van der Waals surface area contributed by atoms with Crippen LogP contribution in [-0.2, 0) is 0 Å². The van der Waals surface area contributed by atoms with Gasteiger partial charge in [-0.3, -0.25) is 0 Å². The molecule has 16 valence electrons. The van der Waals surface area contributed by atoms with Crippen molar-refractivity contribution in [3.8, 4) is 0 Å². The van der Waals surface area contributed by atoms with Gasteiger partial charge in [0.1, 0.15) is 0 Å². The summed E-state index contributed by atoms with van der Waals surface area (Å²) in [5, 5.41) is 0. The zero-order chi connectivity index (χ0) is 0. The van der Waals surface area contributed by atoms with Crippen LogP contribution in [0.1, 0.15) is 0 Å². The van der Waals surface area contributed by atoms with Crippen LogP contribution in [0.2, 0.25) is 0 Å². The fourth-order valence-corrected chi connectivity index (χ4v) is 0. The normalized spacial score (nSPS) is 0. The topological polar surface area (TPSA) is 0 Å². The molecule has 0 N–H and O–H groups in total. The first-order chi connectivity index (χ1) is 0. The predicted octanol–water partition coefficient (Wildman–Crippen LogP) is -12.0. The molecule has 4 heavy (non-hydrogen) atoms. The third-order valence-electron chi connectivity index (χ3n) is 0. The second-order valence-corrected chi connectivity index (χ2v) is 0. The van der Waals surface area contributed by atoms with Crippen molar-refractivity contribution < 1.29 is 123 Å². The Bertz CT molecular complexity index is 6.00. The average Bonchev–Trinajstić information content (AvgIpc) is 0. The Kier molecular flexibility index (Phi) is 101. The Hall–Kier alpha value is 3.63. The summed E-state index contributed by atoms with van der Waals surface area (Å²) in [7, 11) is 0. The maximum atomic E-state index is 0. The number of hydrogen-bond donors (Lipinski definition) is 0. The van der Waals surface area contributed by atoms with E-state index in [0.29, 0.717) is 0 Å². The quantitative estimate of drug-likeness (QED) is 0.360. The molecule has 0 bridgehead atoms. The van der Waals surface area contributed by atoms with Crippen molar-refractivity contribution in [2.75, 3.05) is 0 Å². The van der Waals surface area contributed by atoms with Gasteiger partial charge in [-0.15, -0.1) is 0 Å². The predicted molar refractivity (Wildman–Crippen MR) is 0 cm³/mol. The Morgan fingerprint density at radius 1 is 0.750 bits per heavy atom. The van der Waals surface area contributed by atoms with Crippen LogP contribution < -0.4 is 123 Å². The van der Waals surface area contributed by atoms with E-state index in [0.717, 1.165) is 0 Å². The summed E-state index contributed by atoms with van der Waals surface area (Å²) < 4.78 is 0. The van der Waals surface area contributed by atoms with E-state index in [9.17, 15) is 0 Å². The smallest absolute Gasteiger partial charge is 1.00 e. The van der Waals surface area contributed by atoms with Crippen molar-refractivity contribution >= 4 is 0 Å². The van der Waals surface area contributed by atoms with Gasteiger partial charge in [0.05, 0.1) is 0 Å². The summed E-state index contributed by atoms with van der Waals surface area (Å²) in [5.41, 5.74) is 0. The van der Waals surface area contributed by atoms with Crippen LogP contribution in [0.25, 0.3) is 0 Å². The molecule has 0 heterocycles. The molecule has 0 aliphatic heterocycles. The van der Waals surface area contributed by atoms with E-state index in [1.807, 2.05) is 0 Å². The number of halogens is 2. The van der Waals surface area contributed by atoms with Gasteiger partial charge in [0, 0.05) is 0 Å². The van der Waals surface area contributed by atoms with E-state index < -0.39 is 0 Å². The number of rotatable bonds is 0. The monoisotopic (exact) mass is 226 g/mol. The third kappa shape index (κ3) is 9.16. The van der Waals surface area contributed by atoms with Gasteiger partial charge in [0.2, 0.25) is 0 Å². The summed E-state index contributed by atoms with van der Waals surface area (Å²) >= 11 is 0. The van der Waals surface area contributed by atoms with Crippen LogP contribution in [-0.4, -0.2) is 0 Å². The fraction of sp³-hybridized carbons (Fsp3) is 0. The second-order valence-electron chi connectivity index (χ2n) is 0. The Morgan fingerprint density at radius 3 is 0.750 bits per heavy atom. The van der Waals surface area contributed by atoms with Gasteiger partial charge in [0.15, 0.2) is 0 Å². The molecule has 4 heteroatoms. The molecular weight excluding hydrogens is 227 g/mol. The zero-order valence-corrected chi connectivity index (χ0v) is 12.5. The Balaban J connectivity index is 0. The van der Waals surface area contributed by atoms with E-state index in [4.69, 9.17) is 0 Å². The molecule has 0 amide bonds. The van der Waals surface area contributed by atoms with Gasteiger partial charge in [-0.2, -0.15) is 0 Å². The minimum Gasteiger partial charge on any atom is -1.00 e. The van der Waals surface area contributed by atoms with Gasteiger partial charge in [-0.05, 0) is 0 Å². The first-order valence-corrected chi connectivity index (χ1v) is 0. The van der Waals surface area contributed by atoms with Gasteiger partial charge in [-0.25, -0.2) is 0 Å². The van der Waals surface area contributed by atoms with E-state index in [1.165, 1.54) is 0 Å². The first kappa shape index (κ1) is 25.4. The molecule has 0 aromatic carbocycles. The molecule has 0 aromatic rings. The van der Waals surface area contributed by atoms with Gasteiger partial charge in [-0.1, -0.05) is 0 Å². The summed E-state index contributed by atoms with van der Waals surface area (Å²) in [4.78, 5) is 0. The molecule has 0 radical (unpaired) electrons. The molecule has 0 nitrogen and oxygen atoms in total. The van der Waals surface area contributed by atoms with Crippen molar-refractivity contribution in [3.63, 3.8) is 0 Å². The standard InChI is InChI=1S/2ClH.Cs.Na/h2*1H;;/q;;2*+1/p-2. The van der Waals surface area contributed by atoms with Crippen LogP contribution in [0.5, 0.6) is 0 Å². The Labute approximate surface area is 119 Å². The Morgan fingerprint density at radius 2 is 0.750 bits per heavy atom. The second kappa shape index (κ2) is 15.9. The van der Waals surface area contributed by atoms with Crippen LogP contribution >= 0.6 is 0 Å². The molecular formula is Cl2CsNa. The molecule has 0 aliphatic carbocycles. The SMILES string of the molecule is [Cl-].[Cl-].[Cs+].[Na+].